The first-order valence-electron chi connectivity index (χ1n) is 10.8. The van der Waals surface area contributed by atoms with Crippen LogP contribution in [0.2, 0.25) is 0 Å². The Balaban J connectivity index is 1.92. The van der Waals surface area contributed by atoms with Crippen LogP contribution in [-0.4, -0.2) is 60.5 Å². The third-order valence-electron chi connectivity index (χ3n) is 5.14. The Labute approximate surface area is 212 Å². The van der Waals surface area contributed by atoms with Crippen molar-refractivity contribution in [3.63, 3.8) is 0 Å². The lowest BCUT2D eigenvalue weighted by molar-refractivity contribution is -0.143. The fourth-order valence-corrected chi connectivity index (χ4v) is 7.62. The highest BCUT2D eigenvalue weighted by Crippen LogP contribution is 2.44. The van der Waals surface area contributed by atoms with Crippen LogP contribution in [0.5, 0.6) is 0 Å². The van der Waals surface area contributed by atoms with Gasteiger partial charge in [-0.3, -0.25) is 4.79 Å². The number of ether oxygens (including phenoxy) is 1. The molecule has 2 aliphatic rings. The van der Waals surface area contributed by atoms with Crippen molar-refractivity contribution in [1.82, 2.24) is 5.32 Å². The van der Waals surface area contributed by atoms with E-state index in [0.717, 1.165) is 16.7 Å². The van der Waals surface area contributed by atoms with Gasteiger partial charge in [0.25, 0.3) is 0 Å². The number of rotatable bonds is 4. The Morgan fingerprint density at radius 1 is 1.05 bits per heavy atom. The number of carbonyl (C=O) groups is 2. The van der Waals surface area contributed by atoms with E-state index in [9.17, 15) is 44.3 Å². The van der Waals surface area contributed by atoms with Crippen LogP contribution in [0.4, 0.5) is 36.8 Å². The molecule has 0 radical (unpaired) electrons. The molecule has 2 saturated heterocycles. The van der Waals surface area contributed by atoms with Crippen LogP contribution in [-0.2, 0) is 31.7 Å². The molecule has 2 heterocycles. The summed E-state index contributed by atoms with van der Waals surface area (Å²) in [7, 11) is -3.62. The molecule has 0 bridgehead atoms. The van der Waals surface area contributed by atoms with E-state index in [0.29, 0.717) is 12.1 Å². The zero-order chi connectivity index (χ0) is 28.0. The van der Waals surface area contributed by atoms with Crippen molar-refractivity contribution in [2.24, 2.45) is 4.99 Å². The number of hydrogen-bond donors (Lipinski definition) is 1. The van der Waals surface area contributed by atoms with Crippen molar-refractivity contribution in [1.29, 1.82) is 0 Å². The lowest BCUT2D eigenvalue weighted by Gasteiger charge is -2.26. The molecule has 2 fully saturated rings. The molecule has 1 aromatic rings. The number of benzene rings is 1. The molecule has 8 nitrogen and oxygen atoms in total. The number of carbonyl (C=O) groups excluding carboxylic acids is 2. The van der Waals surface area contributed by atoms with Crippen LogP contribution in [0.1, 0.15) is 38.3 Å². The Kier molecular flexibility index (Phi) is 7.86. The van der Waals surface area contributed by atoms with Crippen LogP contribution in [0.3, 0.4) is 0 Å². The molecule has 1 N–H and O–H groups in total. The van der Waals surface area contributed by atoms with Gasteiger partial charge in [-0.1, -0.05) is 11.8 Å². The number of aliphatic imine (C=N–C) groups is 1. The number of hydrogen-bond acceptors (Lipinski definition) is 6. The third kappa shape index (κ3) is 7.52. The van der Waals surface area contributed by atoms with E-state index >= 15 is 0 Å². The molecule has 2 amide bonds. The van der Waals surface area contributed by atoms with Crippen LogP contribution < -0.4 is 10.2 Å². The van der Waals surface area contributed by atoms with Crippen molar-refractivity contribution in [3.8, 4) is 0 Å². The smallest absolute Gasteiger partial charge is 0.416 e. The molecule has 0 aliphatic carbocycles. The molecule has 2 atom stereocenters. The normalized spacial score (nSPS) is 22.7. The molecule has 1 aromatic carbocycles. The molecule has 0 spiro atoms. The molecule has 37 heavy (non-hydrogen) atoms. The monoisotopic (exact) mass is 575 g/mol. The van der Waals surface area contributed by atoms with Gasteiger partial charge in [-0.2, -0.15) is 31.3 Å². The molecule has 3 rings (SSSR count). The summed E-state index contributed by atoms with van der Waals surface area (Å²) in [4.78, 5) is 28.9. The molecule has 206 valence electrons. The van der Waals surface area contributed by atoms with Crippen LogP contribution in [0.15, 0.2) is 23.2 Å². The first-order valence-corrected chi connectivity index (χ1v) is 13.5. The number of amides is 2. The fraction of sp³-hybridized carbons (Fsp3) is 0.571. The number of alkyl halides is 6. The van der Waals surface area contributed by atoms with Crippen LogP contribution in [0.25, 0.3) is 0 Å². The van der Waals surface area contributed by atoms with Gasteiger partial charge in [-0.05, 0) is 39.0 Å². The minimum absolute atomic E-state index is 0.0418. The summed E-state index contributed by atoms with van der Waals surface area (Å²) in [5.41, 5.74) is -4.54. The van der Waals surface area contributed by atoms with E-state index in [2.05, 4.69) is 10.3 Å². The van der Waals surface area contributed by atoms with E-state index in [1.54, 1.807) is 20.8 Å². The summed E-state index contributed by atoms with van der Waals surface area (Å²) in [5, 5.41) is 1.36. The zero-order valence-corrected chi connectivity index (χ0v) is 21.4. The van der Waals surface area contributed by atoms with Crippen molar-refractivity contribution in [3.05, 3.63) is 29.3 Å². The van der Waals surface area contributed by atoms with Crippen molar-refractivity contribution >= 4 is 44.5 Å². The van der Waals surface area contributed by atoms with Gasteiger partial charge in [0.15, 0.2) is 15.0 Å². The third-order valence-corrected chi connectivity index (χ3v) is 8.35. The van der Waals surface area contributed by atoms with Gasteiger partial charge in [-0.25, -0.2) is 13.2 Å². The molecule has 2 aliphatic heterocycles. The predicted molar refractivity (Wildman–Crippen MR) is 124 cm³/mol. The molecule has 0 aromatic heterocycles. The largest absolute Gasteiger partial charge is 0.444 e. The van der Waals surface area contributed by atoms with Gasteiger partial charge >= 0.3 is 18.4 Å². The number of fused-ring (bicyclic) bond motifs is 1. The quantitative estimate of drug-likeness (QED) is 0.536. The van der Waals surface area contributed by atoms with Crippen molar-refractivity contribution < 1.29 is 49.1 Å². The number of anilines is 1. The topological polar surface area (TPSA) is 105 Å². The molecule has 0 unspecified atom stereocenters. The number of amidine groups is 1. The molecule has 0 saturated carbocycles. The standard InChI is InChI=1S/C21H23F6N3O5S2/c1-19(2,3)35-18(32)28-5-4-16(31)29-17-30(14-9-37(33,34)10-15(14)36-17)13-7-11(20(22,23)24)6-12(8-13)21(25,26)27/h6-8,14-15H,4-5,9-10H2,1-3H3,(H,28,32)/t14-,15-/m1/s1. The van der Waals surface area contributed by atoms with Gasteiger partial charge in [0.05, 0.1) is 28.7 Å². The Morgan fingerprint density at radius 2 is 1.62 bits per heavy atom. The predicted octanol–water partition coefficient (Wildman–Crippen LogP) is 4.24. The Hall–Kier alpha value is -2.49. The zero-order valence-electron chi connectivity index (χ0n) is 19.7. The van der Waals surface area contributed by atoms with E-state index in [4.69, 9.17) is 4.74 Å². The SMILES string of the molecule is CC(C)(C)OC(=O)NCCC(=O)N=C1S[C@@H]2CS(=O)(=O)C[C@H]2N1c1cc(C(F)(F)F)cc(C(F)(F)F)c1. The second-order valence-electron chi connectivity index (χ2n) is 9.40. The fourth-order valence-electron chi connectivity index (χ4n) is 3.69. The number of halogens is 6. The number of nitrogens with one attached hydrogen (secondary N) is 1. The maximum absolute atomic E-state index is 13.4. The average molecular weight is 576 g/mol. The average Bonchev–Trinajstić information content (AvgIpc) is 3.15. The maximum Gasteiger partial charge on any atom is 0.416 e. The number of sulfone groups is 1. The number of nitrogens with zero attached hydrogens (tertiary/aromatic N) is 2. The summed E-state index contributed by atoms with van der Waals surface area (Å²) in [6, 6.07) is -0.133. The lowest BCUT2D eigenvalue weighted by atomic mass is 10.1. The second kappa shape index (κ2) is 10.0. The van der Waals surface area contributed by atoms with E-state index < -0.39 is 73.7 Å². The maximum atomic E-state index is 13.4. The van der Waals surface area contributed by atoms with E-state index in [-0.39, 0.29) is 30.0 Å². The van der Waals surface area contributed by atoms with Crippen LogP contribution >= 0.6 is 11.8 Å². The highest BCUT2D eigenvalue weighted by Gasteiger charge is 2.50. The lowest BCUT2D eigenvalue weighted by Crippen LogP contribution is -2.38. The summed E-state index contributed by atoms with van der Waals surface area (Å²) in [6.07, 6.45) is -11.4. The van der Waals surface area contributed by atoms with E-state index in [1.165, 1.54) is 0 Å². The summed E-state index contributed by atoms with van der Waals surface area (Å²) >= 11 is 0.791. The van der Waals surface area contributed by atoms with Crippen LogP contribution in [0, 0.1) is 0 Å². The minimum atomic E-state index is -5.12. The van der Waals surface area contributed by atoms with Crippen molar-refractivity contribution in [2.75, 3.05) is 23.0 Å². The number of thioether (sulfide) groups is 1. The second-order valence-corrected chi connectivity index (χ2v) is 12.8. The molecular formula is C21H23F6N3O5S2. The first kappa shape index (κ1) is 29.1. The Bertz CT molecular complexity index is 1180. The molecule has 16 heteroatoms. The number of alkyl carbamates (subject to hydrolysis) is 1. The van der Waals surface area contributed by atoms with Crippen molar-refractivity contribution in [2.45, 2.75) is 56.4 Å². The summed E-state index contributed by atoms with van der Waals surface area (Å²) < 4.78 is 110. The van der Waals surface area contributed by atoms with Gasteiger partial charge < -0.3 is 15.0 Å². The first-order chi connectivity index (χ1) is 16.7. The minimum Gasteiger partial charge on any atom is -0.444 e. The van der Waals surface area contributed by atoms with Gasteiger partial charge in [0.2, 0.25) is 5.91 Å². The van der Waals surface area contributed by atoms with Gasteiger partial charge in [0, 0.05) is 23.9 Å². The molecular weight excluding hydrogens is 552 g/mol. The van der Waals surface area contributed by atoms with E-state index in [1.807, 2.05) is 0 Å². The Morgan fingerprint density at radius 3 is 2.14 bits per heavy atom. The summed E-state index contributed by atoms with van der Waals surface area (Å²) in [5.74, 6) is -1.73. The van der Waals surface area contributed by atoms with Gasteiger partial charge in [0.1, 0.15) is 5.60 Å². The highest BCUT2D eigenvalue weighted by molar-refractivity contribution is 8.16. The summed E-state index contributed by atoms with van der Waals surface area (Å²) in [6.45, 7) is 4.69. The highest BCUT2D eigenvalue weighted by atomic mass is 32.2. The van der Waals surface area contributed by atoms with Gasteiger partial charge in [-0.15, -0.1) is 0 Å².